The average Bonchev–Trinajstić information content (AvgIpc) is 2.43. The molecule has 2 aromatic rings. The zero-order chi connectivity index (χ0) is 15.4. The maximum absolute atomic E-state index is 12.8. The van der Waals surface area contributed by atoms with Crippen molar-refractivity contribution in [3.8, 4) is 0 Å². The summed E-state index contributed by atoms with van der Waals surface area (Å²) in [6.45, 7) is 0. The van der Waals surface area contributed by atoms with Crippen LogP contribution in [0.25, 0.3) is 0 Å². The Morgan fingerprint density at radius 1 is 1.14 bits per heavy atom. The first kappa shape index (κ1) is 15.0. The average molecular weight is 308 g/mol. The number of carbonyl (C=O) groups excluding carboxylic acids is 1. The molecule has 2 rings (SSSR count). The van der Waals surface area contributed by atoms with E-state index in [0.717, 1.165) is 0 Å². The molecule has 0 heterocycles. The van der Waals surface area contributed by atoms with Crippen molar-refractivity contribution in [1.82, 2.24) is 0 Å². The normalized spacial score (nSPS) is 10.2. The Morgan fingerprint density at radius 3 is 2.43 bits per heavy atom. The number of amides is 1. The zero-order valence-corrected chi connectivity index (χ0v) is 11.5. The minimum Gasteiger partial charge on any atom is -0.478 e. The fraction of sp³-hybridized carbons (Fsp3) is 0.0667. The van der Waals surface area contributed by atoms with Gasteiger partial charge in [0.2, 0.25) is 5.91 Å². The molecular weight excluding hydrogens is 297 g/mol. The van der Waals surface area contributed by atoms with E-state index >= 15 is 0 Å². The van der Waals surface area contributed by atoms with Crippen molar-refractivity contribution in [3.05, 3.63) is 64.4 Å². The standard InChI is InChI=1S/C15H11ClFNO3/c16-13-6-5-11(8-12(13)15(20)21)18-14(19)7-9-1-3-10(17)4-2-9/h1-6,8H,7H2,(H,18,19)(H,20,21). The Bertz CT molecular complexity index is 686. The maximum Gasteiger partial charge on any atom is 0.337 e. The van der Waals surface area contributed by atoms with Crippen molar-refractivity contribution in [1.29, 1.82) is 0 Å². The zero-order valence-electron chi connectivity index (χ0n) is 10.8. The van der Waals surface area contributed by atoms with E-state index in [1.807, 2.05) is 0 Å². The fourth-order valence-electron chi connectivity index (χ4n) is 1.76. The van der Waals surface area contributed by atoms with Gasteiger partial charge in [0.15, 0.2) is 0 Å². The second kappa shape index (κ2) is 6.37. The third-order valence-electron chi connectivity index (χ3n) is 2.76. The maximum atomic E-state index is 12.8. The minimum atomic E-state index is -1.17. The molecule has 0 fully saturated rings. The summed E-state index contributed by atoms with van der Waals surface area (Å²) in [5.41, 5.74) is 0.904. The molecule has 2 N–H and O–H groups in total. The molecule has 0 aromatic heterocycles. The predicted octanol–water partition coefficient (Wildman–Crippen LogP) is 3.36. The van der Waals surface area contributed by atoms with Gasteiger partial charge < -0.3 is 10.4 Å². The van der Waals surface area contributed by atoms with Crippen molar-refractivity contribution < 1.29 is 19.1 Å². The first-order valence-electron chi connectivity index (χ1n) is 6.03. The number of hydrogen-bond donors (Lipinski definition) is 2. The summed E-state index contributed by atoms with van der Waals surface area (Å²) < 4.78 is 12.8. The van der Waals surface area contributed by atoms with E-state index in [-0.39, 0.29) is 28.7 Å². The lowest BCUT2D eigenvalue weighted by atomic mass is 10.1. The molecule has 0 unspecified atom stereocenters. The van der Waals surface area contributed by atoms with Gasteiger partial charge in [0.05, 0.1) is 17.0 Å². The molecule has 1 amide bonds. The summed E-state index contributed by atoms with van der Waals surface area (Å²) >= 11 is 5.74. The van der Waals surface area contributed by atoms with Crippen LogP contribution in [0.4, 0.5) is 10.1 Å². The van der Waals surface area contributed by atoms with Crippen molar-refractivity contribution in [2.24, 2.45) is 0 Å². The molecule has 0 radical (unpaired) electrons. The summed E-state index contributed by atoms with van der Waals surface area (Å²) in [5, 5.41) is 11.6. The van der Waals surface area contributed by atoms with Gasteiger partial charge in [0.1, 0.15) is 5.82 Å². The number of rotatable bonds is 4. The van der Waals surface area contributed by atoms with Crippen molar-refractivity contribution in [3.63, 3.8) is 0 Å². The van der Waals surface area contributed by atoms with Crippen molar-refractivity contribution in [2.45, 2.75) is 6.42 Å². The van der Waals surface area contributed by atoms with Crippen LogP contribution < -0.4 is 5.32 Å². The molecule has 0 spiro atoms. The van der Waals surface area contributed by atoms with E-state index in [1.54, 1.807) is 0 Å². The van der Waals surface area contributed by atoms with Crippen LogP contribution >= 0.6 is 11.6 Å². The van der Waals surface area contributed by atoms with Gasteiger partial charge >= 0.3 is 5.97 Å². The number of nitrogens with one attached hydrogen (secondary N) is 1. The first-order valence-corrected chi connectivity index (χ1v) is 6.40. The lowest BCUT2D eigenvalue weighted by molar-refractivity contribution is -0.115. The molecule has 108 valence electrons. The van der Waals surface area contributed by atoms with Gasteiger partial charge in [-0.3, -0.25) is 4.79 Å². The van der Waals surface area contributed by atoms with Gasteiger partial charge in [-0.25, -0.2) is 9.18 Å². The van der Waals surface area contributed by atoms with Crippen LogP contribution in [0.2, 0.25) is 5.02 Å². The van der Waals surface area contributed by atoms with Crippen LogP contribution in [0.15, 0.2) is 42.5 Å². The third kappa shape index (κ3) is 4.03. The van der Waals surface area contributed by atoms with E-state index in [2.05, 4.69) is 5.32 Å². The highest BCUT2D eigenvalue weighted by molar-refractivity contribution is 6.33. The second-order valence-corrected chi connectivity index (χ2v) is 4.76. The monoisotopic (exact) mass is 307 g/mol. The number of benzene rings is 2. The van der Waals surface area contributed by atoms with Crippen LogP contribution in [0.5, 0.6) is 0 Å². The fourth-order valence-corrected chi connectivity index (χ4v) is 1.96. The molecule has 4 nitrogen and oxygen atoms in total. The molecule has 21 heavy (non-hydrogen) atoms. The van der Waals surface area contributed by atoms with Gasteiger partial charge in [-0.05, 0) is 35.9 Å². The molecule has 0 aliphatic heterocycles. The quantitative estimate of drug-likeness (QED) is 0.910. The number of halogens is 2. The van der Waals surface area contributed by atoms with Crippen molar-refractivity contribution in [2.75, 3.05) is 5.32 Å². The summed E-state index contributed by atoms with van der Waals surface area (Å²) in [6, 6.07) is 9.77. The lowest BCUT2D eigenvalue weighted by Gasteiger charge is -2.07. The van der Waals surface area contributed by atoms with Crippen LogP contribution in [-0.2, 0) is 11.2 Å². The number of aromatic carboxylic acids is 1. The first-order chi connectivity index (χ1) is 9.95. The second-order valence-electron chi connectivity index (χ2n) is 4.35. The van der Waals surface area contributed by atoms with Crippen LogP contribution in [0.1, 0.15) is 15.9 Å². The molecular formula is C15H11ClFNO3. The van der Waals surface area contributed by atoms with Crippen LogP contribution in [0, 0.1) is 5.82 Å². The molecule has 0 aliphatic rings. The SMILES string of the molecule is O=C(Cc1ccc(F)cc1)Nc1ccc(Cl)c(C(=O)O)c1. The summed E-state index contributed by atoms with van der Waals surface area (Å²) in [4.78, 5) is 22.8. The minimum absolute atomic E-state index is 0.0608. The van der Waals surface area contributed by atoms with Gasteiger partial charge in [-0.1, -0.05) is 23.7 Å². The van der Waals surface area contributed by atoms with Gasteiger partial charge in [0, 0.05) is 5.69 Å². The number of anilines is 1. The Kier molecular flexibility index (Phi) is 4.55. The van der Waals surface area contributed by atoms with E-state index in [9.17, 15) is 14.0 Å². The Hall–Kier alpha value is -2.40. The van der Waals surface area contributed by atoms with E-state index in [4.69, 9.17) is 16.7 Å². The lowest BCUT2D eigenvalue weighted by Crippen LogP contribution is -2.14. The largest absolute Gasteiger partial charge is 0.478 e. The summed E-state index contributed by atoms with van der Waals surface area (Å²) in [5.74, 6) is -1.88. The Balaban J connectivity index is 2.07. The molecule has 0 saturated heterocycles. The highest BCUT2D eigenvalue weighted by Crippen LogP contribution is 2.20. The number of carbonyl (C=O) groups is 2. The third-order valence-corrected chi connectivity index (χ3v) is 3.09. The molecule has 6 heteroatoms. The number of carboxylic acids is 1. The van der Waals surface area contributed by atoms with Gasteiger partial charge in [0.25, 0.3) is 0 Å². The molecule has 0 aliphatic carbocycles. The van der Waals surface area contributed by atoms with Crippen LogP contribution in [0.3, 0.4) is 0 Å². The highest BCUT2D eigenvalue weighted by atomic mass is 35.5. The summed E-state index contributed by atoms with van der Waals surface area (Å²) in [6.07, 6.45) is 0.0608. The molecule has 2 aromatic carbocycles. The van der Waals surface area contributed by atoms with Crippen LogP contribution in [-0.4, -0.2) is 17.0 Å². The highest BCUT2D eigenvalue weighted by Gasteiger charge is 2.11. The van der Waals surface area contributed by atoms with Gasteiger partial charge in [-0.2, -0.15) is 0 Å². The number of hydrogen-bond acceptors (Lipinski definition) is 2. The Labute approximate surface area is 125 Å². The molecule has 0 bridgehead atoms. The summed E-state index contributed by atoms with van der Waals surface area (Å²) in [7, 11) is 0. The smallest absolute Gasteiger partial charge is 0.337 e. The number of carboxylic acid groups (broad SMARTS) is 1. The van der Waals surface area contributed by atoms with E-state index < -0.39 is 5.97 Å². The van der Waals surface area contributed by atoms with Crippen molar-refractivity contribution >= 4 is 29.2 Å². The van der Waals surface area contributed by atoms with E-state index in [0.29, 0.717) is 11.3 Å². The molecule has 0 saturated carbocycles. The molecule has 0 atom stereocenters. The van der Waals surface area contributed by atoms with Gasteiger partial charge in [-0.15, -0.1) is 0 Å². The topological polar surface area (TPSA) is 66.4 Å². The predicted molar refractivity (Wildman–Crippen MR) is 77.1 cm³/mol. The van der Waals surface area contributed by atoms with E-state index in [1.165, 1.54) is 42.5 Å². The Morgan fingerprint density at radius 2 is 1.81 bits per heavy atom.